The predicted octanol–water partition coefficient (Wildman–Crippen LogP) is 2.40. The molecule has 2 aromatic carbocycles. The lowest BCUT2D eigenvalue weighted by molar-refractivity contribution is -0.464. The van der Waals surface area contributed by atoms with Gasteiger partial charge in [0.05, 0.1) is 11.5 Å². The van der Waals surface area contributed by atoms with Crippen LogP contribution in [0.4, 0.5) is 5.69 Å². The van der Waals surface area contributed by atoms with Gasteiger partial charge in [0.2, 0.25) is 5.36 Å². The second-order valence-electron chi connectivity index (χ2n) is 7.69. The van der Waals surface area contributed by atoms with Crippen molar-refractivity contribution in [1.82, 2.24) is 4.98 Å². The molecule has 2 aromatic rings. The molecule has 4 aliphatic rings. The summed E-state index contributed by atoms with van der Waals surface area (Å²) >= 11 is 0. The maximum Gasteiger partial charge on any atom is 0.209 e. The fourth-order valence-electron chi connectivity index (χ4n) is 4.98. The second kappa shape index (κ2) is 5.56. The van der Waals surface area contributed by atoms with E-state index in [1.165, 1.54) is 48.1 Å². The van der Waals surface area contributed by atoms with Gasteiger partial charge in [-0.2, -0.15) is 0 Å². The van der Waals surface area contributed by atoms with Gasteiger partial charge in [0.25, 0.3) is 0 Å². The molecule has 4 heteroatoms. The minimum atomic E-state index is 0.856. The van der Waals surface area contributed by atoms with Crippen LogP contribution in [0, 0.1) is 0 Å². The Kier molecular flexibility index (Phi) is 3.13. The first-order valence-electron chi connectivity index (χ1n) is 9.90. The van der Waals surface area contributed by atoms with Crippen LogP contribution in [-0.2, 0) is 12.8 Å². The standard InChI is InChI=1S/C23H21N3O/c1-24-18-13-20-21(16-8-3-2-7-15(16)18)25-19-12-14-6-4-10-26-11-5-9-17(22(14)26)23(19)27-20/h2-3,7-8,12-13H,4-6,9-11H2,1H3/p+1. The quantitative estimate of drug-likeness (QED) is 0.389. The first-order valence-corrected chi connectivity index (χ1v) is 9.90. The Balaban J connectivity index is 1.77. The van der Waals surface area contributed by atoms with E-state index >= 15 is 0 Å². The number of aryl methyl sites for hydroxylation is 2. The Morgan fingerprint density at radius 1 is 1.04 bits per heavy atom. The Labute approximate surface area is 157 Å². The highest BCUT2D eigenvalue weighted by Crippen LogP contribution is 2.41. The number of aromatic nitrogens is 1. The van der Waals surface area contributed by atoms with E-state index in [9.17, 15) is 0 Å². The van der Waals surface area contributed by atoms with Crippen molar-refractivity contribution >= 4 is 27.6 Å². The molecule has 3 aliphatic heterocycles. The van der Waals surface area contributed by atoms with Crippen molar-refractivity contribution in [3.63, 3.8) is 0 Å². The summed E-state index contributed by atoms with van der Waals surface area (Å²) in [6.45, 7) is 2.34. The van der Waals surface area contributed by atoms with Gasteiger partial charge in [-0.1, -0.05) is 18.2 Å². The number of fused-ring (bicyclic) bond motifs is 5. The van der Waals surface area contributed by atoms with Crippen LogP contribution in [0.3, 0.4) is 0 Å². The number of anilines is 1. The van der Waals surface area contributed by atoms with E-state index < -0.39 is 0 Å². The van der Waals surface area contributed by atoms with Gasteiger partial charge in [0.1, 0.15) is 18.3 Å². The molecule has 0 atom stereocenters. The van der Waals surface area contributed by atoms with Gasteiger partial charge in [-0.15, -0.1) is 0 Å². The first-order chi connectivity index (χ1) is 13.3. The van der Waals surface area contributed by atoms with Crippen molar-refractivity contribution < 1.29 is 9.41 Å². The van der Waals surface area contributed by atoms with Crippen LogP contribution in [0.2, 0.25) is 0 Å². The van der Waals surface area contributed by atoms with Crippen LogP contribution >= 0.6 is 0 Å². The number of nitrogens with zero attached hydrogens (tertiary/aromatic N) is 2. The lowest BCUT2D eigenvalue weighted by atomic mass is 9.91. The van der Waals surface area contributed by atoms with Crippen LogP contribution in [0.15, 0.2) is 40.8 Å². The minimum absolute atomic E-state index is 0.856. The molecule has 0 fully saturated rings. The highest BCUT2D eigenvalue weighted by atomic mass is 16.3. The molecule has 1 aliphatic carbocycles. The molecule has 0 radical (unpaired) electrons. The van der Waals surface area contributed by atoms with Crippen molar-refractivity contribution in [3.05, 3.63) is 52.9 Å². The van der Waals surface area contributed by atoms with Crippen LogP contribution in [0.5, 0.6) is 0 Å². The van der Waals surface area contributed by atoms with E-state index in [4.69, 9.17) is 9.40 Å². The summed E-state index contributed by atoms with van der Waals surface area (Å²) in [7, 11) is 1.96. The zero-order valence-corrected chi connectivity index (χ0v) is 15.5. The highest BCUT2D eigenvalue weighted by molar-refractivity contribution is 5.97. The summed E-state index contributed by atoms with van der Waals surface area (Å²) in [6, 6.07) is 12.8. The van der Waals surface area contributed by atoms with Crippen molar-refractivity contribution in [1.29, 1.82) is 0 Å². The van der Waals surface area contributed by atoms with E-state index in [-0.39, 0.29) is 0 Å². The third kappa shape index (κ3) is 2.10. The molecule has 0 amide bonds. The molecule has 6 rings (SSSR count). The molecular weight excluding hydrogens is 334 g/mol. The summed E-state index contributed by atoms with van der Waals surface area (Å²) < 4.78 is 6.54. The lowest BCUT2D eigenvalue weighted by Crippen LogP contribution is -2.71. The number of hydrogen-bond acceptors (Lipinski definition) is 3. The molecule has 0 saturated carbocycles. The zero-order chi connectivity index (χ0) is 18.0. The van der Waals surface area contributed by atoms with E-state index in [0.717, 1.165) is 46.1 Å². The fourth-order valence-corrected chi connectivity index (χ4v) is 4.98. The molecule has 0 aromatic heterocycles. The zero-order valence-electron chi connectivity index (χ0n) is 15.5. The Bertz CT molecular complexity index is 1250. The first kappa shape index (κ1) is 15.2. The predicted molar refractivity (Wildman–Crippen MR) is 107 cm³/mol. The molecule has 0 saturated heterocycles. The van der Waals surface area contributed by atoms with Gasteiger partial charge in [0, 0.05) is 29.7 Å². The third-order valence-corrected chi connectivity index (χ3v) is 6.15. The summed E-state index contributed by atoms with van der Waals surface area (Å²) in [6.07, 6.45) is 4.66. The Hall–Kier alpha value is -2.88. The van der Waals surface area contributed by atoms with E-state index in [1.54, 1.807) is 0 Å². The topological polar surface area (TPSA) is 43.2 Å². The monoisotopic (exact) mass is 356 g/mol. The van der Waals surface area contributed by atoms with Gasteiger partial charge in [-0.3, -0.25) is 0 Å². The van der Waals surface area contributed by atoms with Gasteiger partial charge in [-0.25, -0.2) is 9.98 Å². The van der Waals surface area contributed by atoms with E-state index in [1.807, 2.05) is 7.05 Å². The smallest absolute Gasteiger partial charge is 0.209 e. The fraction of sp³-hybridized carbons (Fsp3) is 0.304. The number of hydrogen-bond donors (Lipinski definition) is 1. The average Bonchev–Trinajstić information content (AvgIpc) is 2.72. The normalized spacial score (nSPS) is 17.1. The maximum atomic E-state index is 6.54. The van der Waals surface area contributed by atoms with Crippen molar-refractivity contribution in [2.24, 2.45) is 0 Å². The van der Waals surface area contributed by atoms with E-state index in [2.05, 4.69) is 46.3 Å². The summed E-state index contributed by atoms with van der Waals surface area (Å²) in [5.74, 6) is 0.856. The SMILES string of the molecule is C[NH+]=c1cc2oc3c4c5c(cc3nc-2c2ccccc12)CCCN5CCC4. The minimum Gasteiger partial charge on any atom is -0.452 e. The molecule has 0 unspecified atom stereocenters. The molecule has 0 spiro atoms. The van der Waals surface area contributed by atoms with Crippen molar-refractivity contribution in [3.8, 4) is 11.5 Å². The van der Waals surface area contributed by atoms with Gasteiger partial charge < -0.3 is 9.32 Å². The molecule has 4 nitrogen and oxygen atoms in total. The lowest BCUT2D eigenvalue weighted by Gasteiger charge is -2.37. The van der Waals surface area contributed by atoms with Crippen molar-refractivity contribution in [2.75, 3.05) is 25.0 Å². The third-order valence-electron chi connectivity index (χ3n) is 6.15. The van der Waals surface area contributed by atoms with Crippen LogP contribution in [0.25, 0.3) is 33.3 Å². The van der Waals surface area contributed by atoms with Crippen molar-refractivity contribution in [2.45, 2.75) is 25.7 Å². The van der Waals surface area contributed by atoms with Gasteiger partial charge in [0.15, 0.2) is 11.3 Å². The molecule has 134 valence electrons. The second-order valence-corrected chi connectivity index (χ2v) is 7.69. The van der Waals surface area contributed by atoms with Gasteiger partial charge in [-0.05, 0) is 43.4 Å². The number of benzene rings is 3. The molecule has 0 bridgehead atoms. The van der Waals surface area contributed by atoms with Gasteiger partial charge >= 0.3 is 0 Å². The molecule has 3 heterocycles. The van der Waals surface area contributed by atoms with Crippen LogP contribution in [-0.4, -0.2) is 25.1 Å². The largest absolute Gasteiger partial charge is 0.452 e. The number of nitrogens with one attached hydrogen (secondary N) is 1. The summed E-state index contributed by atoms with van der Waals surface area (Å²) in [5, 5.41) is 3.40. The average molecular weight is 356 g/mol. The maximum absolute atomic E-state index is 6.54. The molecule has 27 heavy (non-hydrogen) atoms. The van der Waals surface area contributed by atoms with E-state index in [0.29, 0.717) is 0 Å². The molecule has 1 N–H and O–H groups in total. The van der Waals surface area contributed by atoms with Crippen LogP contribution < -0.4 is 15.2 Å². The molecular formula is C23H22N3O+. The van der Waals surface area contributed by atoms with Crippen LogP contribution in [0.1, 0.15) is 24.0 Å². The summed E-state index contributed by atoms with van der Waals surface area (Å²) in [4.78, 5) is 11.0. The summed E-state index contributed by atoms with van der Waals surface area (Å²) in [5.41, 5.74) is 7.17. The Morgan fingerprint density at radius 3 is 2.70 bits per heavy atom. The Morgan fingerprint density at radius 2 is 1.85 bits per heavy atom. The number of rotatable bonds is 0. The highest BCUT2D eigenvalue weighted by Gasteiger charge is 2.28.